The van der Waals surface area contributed by atoms with Crippen LogP contribution in [0.3, 0.4) is 0 Å². The van der Waals surface area contributed by atoms with Crippen LogP contribution in [0.5, 0.6) is 0 Å². The van der Waals surface area contributed by atoms with E-state index in [1.54, 1.807) is 18.2 Å². The number of anilines is 1. The summed E-state index contributed by atoms with van der Waals surface area (Å²) in [5, 5.41) is 2.84. The molecule has 0 aliphatic heterocycles. The highest BCUT2D eigenvalue weighted by Crippen LogP contribution is 2.24. The number of hydrogen-bond acceptors (Lipinski definition) is 4. The molecule has 1 amide bonds. The Morgan fingerprint density at radius 3 is 2.24 bits per heavy atom. The minimum Gasteiger partial charge on any atom is -0.450 e. The maximum atomic E-state index is 13.0. The molecule has 0 radical (unpaired) electrons. The summed E-state index contributed by atoms with van der Waals surface area (Å²) in [6.45, 7) is 3.60. The quantitative estimate of drug-likeness (QED) is 0.571. The first-order valence-electron chi connectivity index (χ1n) is 9.45. The lowest BCUT2D eigenvalue weighted by molar-refractivity contribution is -0.119. The van der Waals surface area contributed by atoms with Crippen molar-refractivity contribution in [2.24, 2.45) is 0 Å². The van der Waals surface area contributed by atoms with Crippen molar-refractivity contribution in [1.29, 1.82) is 0 Å². The number of para-hydroxylation sites is 1. The maximum Gasteiger partial charge on any atom is 0.374 e. The fraction of sp³-hybridized carbons (Fsp3) is 0.217. The van der Waals surface area contributed by atoms with Gasteiger partial charge in [-0.05, 0) is 60.4 Å². The molecule has 2 aromatic carbocycles. The van der Waals surface area contributed by atoms with Crippen LogP contribution in [0.1, 0.15) is 35.5 Å². The lowest BCUT2D eigenvalue weighted by Crippen LogP contribution is -2.22. The summed E-state index contributed by atoms with van der Waals surface area (Å²) in [4.78, 5) is 24.5. The number of halogens is 1. The van der Waals surface area contributed by atoms with Crippen LogP contribution >= 0.6 is 0 Å². The van der Waals surface area contributed by atoms with Crippen LogP contribution in [-0.2, 0) is 22.4 Å². The van der Waals surface area contributed by atoms with E-state index in [9.17, 15) is 14.0 Å². The molecule has 0 aliphatic carbocycles. The number of esters is 1. The molecule has 0 saturated heterocycles. The van der Waals surface area contributed by atoms with Gasteiger partial charge in [-0.1, -0.05) is 32.0 Å². The molecule has 0 saturated carbocycles. The van der Waals surface area contributed by atoms with Crippen LogP contribution in [0.25, 0.3) is 11.3 Å². The number of rotatable bonds is 7. The van der Waals surface area contributed by atoms with E-state index in [1.165, 1.54) is 18.2 Å². The van der Waals surface area contributed by atoms with Crippen LogP contribution in [0.2, 0.25) is 0 Å². The van der Waals surface area contributed by atoms with Crippen LogP contribution in [-0.4, -0.2) is 18.5 Å². The van der Waals surface area contributed by atoms with Gasteiger partial charge in [-0.15, -0.1) is 0 Å². The number of amides is 1. The zero-order valence-electron chi connectivity index (χ0n) is 16.3. The minimum absolute atomic E-state index is 0.0275. The van der Waals surface area contributed by atoms with Crippen molar-refractivity contribution < 1.29 is 23.1 Å². The molecule has 150 valence electrons. The van der Waals surface area contributed by atoms with E-state index >= 15 is 0 Å². The molecule has 0 bridgehead atoms. The van der Waals surface area contributed by atoms with Gasteiger partial charge in [0.15, 0.2) is 6.61 Å². The minimum atomic E-state index is -0.743. The fourth-order valence-corrected chi connectivity index (χ4v) is 3.00. The molecule has 3 rings (SSSR count). The second-order valence-corrected chi connectivity index (χ2v) is 6.45. The summed E-state index contributed by atoms with van der Waals surface area (Å²) >= 11 is 0. The lowest BCUT2D eigenvalue weighted by atomic mass is 10.0. The third kappa shape index (κ3) is 4.90. The molecule has 1 aromatic heterocycles. The van der Waals surface area contributed by atoms with Crippen molar-refractivity contribution in [3.05, 3.63) is 77.3 Å². The van der Waals surface area contributed by atoms with Crippen LogP contribution in [0.4, 0.5) is 10.1 Å². The molecule has 0 spiro atoms. The smallest absolute Gasteiger partial charge is 0.374 e. The maximum absolute atomic E-state index is 13.0. The Labute approximate surface area is 168 Å². The molecule has 1 N–H and O–H groups in total. The number of carbonyl (C=O) groups excluding carboxylic acids is 2. The largest absolute Gasteiger partial charge is 0.450 e. The van der Waals surface area contributed by atoms with Gasteiger partial charge in [0.05, 0.1) is 0 Å². The number of aryl methyl sites for hydroxylation is 2. The number of benzene rings is 2. The zero-order valence-corrected chi connectivity index (χ0v) is 16.3. The van der Waals surface area contributed by atoms with Crippen molar-refractivity contribution in [2.45, 2.75) is 26.7 Å². The number of furan rings is 1. The van der Waals surface area contributed by atoms with Gasteiger partial charge >= 0.3 is 5.97 Å². The molecule has 0 fully saturated rings. The third-order valence-corrected chi connectivity index (χ3v) is 4.53. The monoisotopic (exact) mass is 395 g/mol. The molecule has 0 unspecified atom stereocenters. The van der Waals surface area contributed by atoms with Crippen molar-refractivity contribution in [2.75, 3.05) is 11.9 Å². The average Bonchev–Trinajstić information content (AvgIpc) is 3.23. The molecule has 5 nitrogen and oxygen atoms in total. The molecular formula is C23H22FNO4. The van der Waals surface area contributed by atoms with Crippen molar-refractivity contribution in [1.82, 2.24) is 0 Å². The molecular weight excluding hydrogens is 373 g/mol. The fourth-order valence-electron chi connectivity index (χ4n) is 3.00. The summed E-state index contributed by atoms with van der Waals surface area (Å²) in [6.07, 6.45) is 1.56. The van der Waals surface area contributed by atoms with E-state index in [2.05, 4.69) is 5.32 Å². The number of hydrogen-bond donors (Lipinski definition) is 1. The predicted octanol–water partition coefficient (Wildman–Crippen LogP) is 5.01. The van der Waals surface area contributed by atoms with Gasteiger partial charge in [0.1, 0.15) is 11.6 Å². The lowest BCUT2D eigenvalue weighted by Gasteiger charge is -2.14. The summed E-state index contributed by atoms with van der Waals surface area (Å²) in [5.41, 5.74) is 3.46. The number of nitrogens with one attached hydrogen (secondary N) is 1. The molecule has 3 aromatic rings. The standard InChI is InChI=1S/C23H22FNO4/c1-3-15-6-5-7-16(4-2)22(15)25-21(26)14-28-23(27)20-13-12-19(29-20)17-8-10-18(24)11-9-17/h5-13H,3-4,14H2,1-2H3,(H,25,26). The van der Waals surface area contributed by atoms with E-state index in [-0.39, 0.29) is 11.6 Å². The average molecular weight is 395 g/mol. The SMILES string of the molecule is CCc1cccc(CC)c1NC(=O)COC(=O)c1ccc(-c2ccc(F)cc2)o1. The van der Waals surface area contributed by atoms with Crippen LogP contribution in [0.15, 0.2) is 59.0 Å². The molecule has 0 aliphatic rings. The van der Waals surface area contributed by atoms with Crippen molar-refractivity contribution in [3.63, 3.8) is 0 Å². The molecule has 29 heavy (non-hydrogen) atoms. The highest BCUT2D eigenvalue weighted by Gasteiger charge is 2.16. The van der Waals surface area contributed by atoms with Crippen molar-refractivity contribution in [3.8, 4) is 11.3 Å². The Morgan fingerprint density at radius 1 is 0.966 bits per heavy atom. The van der Waals surface area contributed by atoms with E-state index in [4.69, 9.17) is 9.15 Å². The highest BCUT2D eigenvalue weighted by molar-refractivity contribution is 5.95. The topological polar surface area (TPSA) is 68.5 Å². The highest BCUT2D eigenvalue weighted by atomic mass is 19.1. The van der Waals surface area contributed by atoms with E-state index < -0.39 is 18.5 Å². The molecule has 6 heteroatoms. The van der Waals surface area contributed by atoms with E-state index in [1.807, 2.05) is 32.0 Å². The third-order valence-electron chi connectivity index (χ3n) is 4.53. The Morgan fingerprint density at radius 2 is 1.62 bits per heavy atom. The Hall–Kier alpha value is -3.41. The summed E-state index contributed by atoms with van der Waals surface area (Å²) < 4.78 is 23.6. The first kappa shape index (κ1) is 20.3. The molecule has 1 heterocycles. The van der Waals surface area contributed by atoms with Gasteiger partial charge in [-0.2, -0.15) is 0 Å². The number of ether oxygens (including phenoxy) is 1. The van der Waals surface area contributed by atoms with Crippen LogP contribution in [0, 0.1) is 5.82 Å². The second kappa shape index (κ2) is 9.19. The predicted molar refractivity (Wildman–Crippen MR) is 108 cm³/mol. The van der Waals surface area contributed by atoms with Gasteiger partial charge in [-0.3, -0.25) is 4.79 Å². The van der Waals surface area contributed by atoms with Gasteiger partial charge < -0.3 is 14.5 Å². The van der Waals surface area contributed by atoms with Gasteiger partial charge in [0.2, 0.25) is 5.76 Å². The first-order valence-corrected chi connectivity index (χ1v) is 9.45. The second-order valence-electron chi connectivity index (χ2n) is 6.45. The van der Waals surface area contributed by atoms with Gasteiger partial charge in [0, 0.05) is 11.3 Å². The number of carbonyl (C=O) groups is 2. The molecule has 0 atom stereocenters. The first-order chi connectivity index (χ1) is 14.0. The summed E-state index contributed by atoms with van der Waals surface area (Å²) in [5.74, 6) is -1.14. The summed E-state index contributed by atoms with van der Waals surface area (Å²) in [7, 11) is 0. The Kier molecular flexibility index (Phi) is 6.44. The van der Waals surface area contributed by atoms with E-state index in [0.29, 0.717) is 11.3 Å². The van der Waals surface area contributed by atoms with E-state index in [0.717, 1.165) is 29.7 Å². The Bertz CT molecular complexity index is 986. The summed E-state index contributed by atoms with van der Waals surface area (Å²) in [6, 6.07) is 14.6. The Balaban J connectivity index is 1.61. The van der Waals surface area contributed by atoms with Crippen LogP contribution < -0.4 is 5.32 Å². The van der Waals surface area contributed by atoms with Gasteiger partial charge in [0.25, 0.3) is 5.91 Å². The zero-order chi connectivity index (χ0) is 20.8. The normalized spacial score (nSPS) is 10.6. The van der Waals surface area contributed by atoms with Crippen molar-refractivity contribution >= 4 is 17.6 Å². The van der Waals surface area contributed by atoms with Gasteiger partial charge in [-0.25, -0.2) is 9.18 Å².